The third kappa shape index (κ3) is 4.97. The molecule has 2 aromatic heterocycles. The summed E-state index contributed by atoms with van der Waals surface area (Å²) in [5.41, 5.74) is 6.50. The summed E-state index contributed by atoms with van der Waals surface area (Å²) >= 11 is 0. The molecule has 4 atom stereocenters. The third-order valence-corrected chi connectivity index (χ3v) is 8.42. The topological polar surface area (TPSA) is 136 Å². The van der Waals surface area contributed by atoms with Crippen molar-refractivity contribution in [1.82, 2.24) is 9.97 Å². The summed E-state index contributed by atoms with van der Waals surface area (Å²) in [5.74, 6) is -1.13. The van der Waals surface area contributed by atoms with Crippen LogP contribution in [-0.2, 0) is 21.0 Å². The summed E-state index contributed by atoms with van der Waals surface area (Å²) in [6.45, 7) is 3.65. The maximum absolute atomic E-state index is 14.5. The van der Waals surface area contributed by atoms with E-state index < -0.39 is 39.5 Å². The van der Waals surface area contributed by atoms with Crippen molar-refractivity contribution in [3.63, 3.8) is 0 Å². The van der Waals surface area contributed by atoms with Crippen LogP contribution < -0.4 is 10.6 Å². The zero-order valence-corrected chi connectivity index (χ0v) is 20.0. The van der Waals surface area contributed by atoms with Crippen molar-refractivity contribution < 1.29 is 27.4 Å². The number of halogens is 1. The average molecular weight is 493 g/mol. The van der Waals surface area contributed by atoms with Crippen LogP contribution in [0.1, 0.15) is 48.0 Å². The van der Waals surface area contributed by atoms with Gasteiger partial charge in [-0.2, -0.15) is 0 Å². The molecule has 4 rings (SSSR count). The number of ketones is 1. The van der Waals surface area contributed by atoms with E-state index >= 15 is 0 Å². The van der Waals surface area contributed by atoms with E-state index in [1.807, 2.05) is 0 Å². The first-order valence-corrected chi connectivity index (χ1v) is 13.0. The molecule has 2 saturated heterocycles. The predicted octanol–water partition coefficient (Wildman–Crippen LogP) is 1.20. The molecular weight excluding hydrogens is 463 g/mol. The van der Waals surface area contributed by atoms with E-state index in [0.717, 1.165) is 5.56 Å². The van der Waals surface area contributed by atoms with Crippen LogP contribution in [0.5, 0.6) is 0 Å². The number of ether oxygens (including phenoxy) is 1. The van der Waals surface area contributed by atoms with Crippen molar-refractivity contribution >= 4 is 21.4 Å². The quantitative estimate of drug-likeness (QED) is 0.590. The minimum atomic E-state index is -3.14. The number of pyridine rings is 2. The van der Waals surface area contributed by atoms with Gasteiger partial charge in [0, 0.05) is 37.9 Å². The lowest BCUT2D eigenvalue weighted by Crippen LogP contribution is -2.58. The van der Waals surface area contributed by atoms with Gasteiger partial charge in [0.2, 0.25) is 0 Å². The summed E-state index contributed by atoms with van der Waals surface area (Å²) in [5, 5.41) is 10.5. The lowest BCUT2D eigenvalue weighted by atomic mass is 9.82. The van der Waals surface area contributed by atoms with Gasteiger partial charge in [0.15, 0.2) is 27.3 Å². The fraction of sp³-hybridized carbons (Fsp3) is 0.522. The second kappa shape index (κ2) is 9.29. The number of sulfone groups is 1. The highest BCUT2D eigenvalue weighted by molar-refractivity contribution is 7.91. The Labute approximate surface area is 198 Å². The number of anilines is 1. The van der Waals surface area contributed by atoms with Gasteiger partial charge in [-0.15, -0.1) is 0 Å². The molecule has 0 bridgehead atoms. The average Bonchev–Trinajstić information content (AvgIpc) is 2.78. The second-order valence-corrected chi connectivity index (χ2v) is 11.5. The monoisotopic (exact) mass is 492 g/mol. The molecule has 0 unspecified atom stereocenters. The number of rotatable bonds is 5. The van der Waals surface area contributed by atoms with E-state index in [9.17, 15) is 22.7 Å². The minimum absolute atomic E-state index is 0.0233. The number of hydrogen-bond acceptors (Lipinski definition) is 9. The van der Waals surface area contributed by atoms with E-state index in [0.29, 0.717) is 12.0 Å². The summed E-state index contributed by atoms with van der Waals surface area (Å²) in [6, 6.07) is 3.76. The van der Waals surface area contributed by atoms with Crippen molar-refractivity contribution in [1.29, 1.82) is 0 Å². The van der Waals surface area contributed by atoms with Gasteiger partial charge in [0.1, 0.15) is 11.3 Å². The first kappa shape index (κ1) is 24.6. The van der Waals surface area contributed by atoms with Crippen LogP contribution in [-0.4, -0.2) is 71.6 Å². The molecule has 9 nitrogen and oxygen atoms in total. The Hall–Kier alpha value is -2.47. The molecule has 2 aliphatic heterocycles. The Kier molecular flexibility index (Phi) is 6.74. The SMILES string of the molecule is C[C@H]1O[C@@H](c2ccncc2CC(=O)c2ccc(F)c(N3CCS(=O)(=O)CC3)n2)C[C@@H](N)[C@]1(C)O. The van der Waals surface area contributed by atoms with Gasteiger partial charge in [-0.3, -0.25) is 9.78 Å². The van der Waals surface area contributed by atoms with Crippen LogP contribution in [0.15, 0.2) is 30.6 Å². The van der Waals surface area contributed by atoms with Crippen LogP contribution in [0.3, 0.4) is 0 Å². The Morgan fingerprint density at radius 3 is 2.71 bits per heavy atom. The number of carbonyl (C=O) groups is 1. The van der Waals surface area contributed by atoms with E-state index in [1.54, 1.807) is 37.2 Å². The summed E-state index contributed by atoms with van der Waals surface area (Å²) < 4.78 is 43.9. The zero-order chi connectivity index (χ0) is 24.7. The predicted molar refractivity (Wildman–Crippen MR) is 124 cm³/mol. The molecule has 0 saturated carbocycles. The van der Waals surface area contributed by atoms with Gasteiger partial charge in [0.25, 0.3) is 0 Å². The van der Waals surface area contributed by atoms with E-state index in [2.05, 4.69) is 9.97 Å². The highest BCUT2D eigenvalue weighted by Gasteiger charge is 2.43. The summed E-state index contributed by atoms with van der Waals surface area (Å²) in [6.07, 6.45) is 2.61. The number of carbonyl (C=O) groups excluding carboxylic acids is 1. The Morgan fingerprint density at radius 2 is 2.03 bits per heavy atom. The van der Waals surface area contributed by atoms with Gasteiger partial charge in [-0.1, -0.05) is 0 Å². The zero-order valence-electron chi connectivity index (χ0n) is 19.1. The number of Topliss-reactive ketones (excluding diaryl/α,β-unsaturated/α-hetero) is 1. The molecule has 0 aliphatic carbocycles. The molecule has 2 fully saturated rings. The minimum Gasteiger partial charge on any atom is -0.386 e. The van der Waals surface area contributed by atoms with Crippen LogP contribution in [0.4, 0.5) is 10.2 Å². The molecule has 0 spiro atoms. The molecule has 0 aromatic carbocycles. The van der Waals surface area contributed by atoms with Gasteiger partial charge >= 0.3 is 0 Å². The number of aliphatic hydroxyl groups is 1. The lowest BCUT2D eigenvalue weighted by molar-refractivity contribution is -0.171. The lowest BCUT2D eigenvalue weighted by Gasteiger charge is -2.44. The van der Waals surface area contributed by atoms with E-state index in [4.69, 9.17) is 10.5 Å². The van der Waals surface area contributed by atoms with E-state index in [-0.39, 0.29) is 48.3 Å². The van der Waals surface area contributed by atoms with Crippen LogP contribution in [0, 0.1) is 5.82 Å². The van der Waals surface area contributed by atoms with Gasteiger partial charge in [-0.05, 0) is 49.6 Å². The van der Waals surface area contributed by atoms with Crippen molar-refractivity contribution in [3.8, 4) is 0 Å². The largest absolute Gasteiger partial charge is 0.386 e. The van der Waals surface area contributed by atoms with Crippen LogP contribution in [0.25, 0.3) is 0 Å². The van der Waals surface area contributed by atoms with Gasteiger partial charge in [0.05, 0.1) is 23.7 Å². The molecule has 0 radical (unpaired) electrons. The first-order valence-electron chi connectivity index (χ1n) is 11.2. The third-order valence-electron chi connectivity index (χ3n) is 6.81. The van der Waals surface area contributed by atoms with Crippen molar-refractivity contribution in [2.24, 2.45) is 5.73 Å². The van der Waals surface area contributed by atoms with Gasteiger partial charge < -0.3 is 20.5 Å². The Balaban J connectivity index is 1.54. The molecule has 0 amide bonds. The molecule has 34 heavy (non-hydrogen) atoms. The maximum atomic E-state index is 14.5. The van der Waals surface area contributed by atoms with Crippen molar-refractivity contribution in [2.45, 2.75) is 50.5 Å². The van der Waals surface area contributed by atoms with Crippen LogP contribution >= 0.6 is 0 Å². The van der Waals surface area contributed by atoms with Crippen molar-refractivity contribution in [2.75, 3.05) is 29.5 Å². The molecule has 184 valence electrons. The fourth-order valence-electron chi connectivity index (χ4n) is 4.31. The van der Waals surface area contributed by atoms with E-state index in [1.165, 1.54) is 12.1 Å². The number of nitrogens with two attached hydrogens (primary N) is 1. The number of hydrogen-bond donors (Lipinski definition) is 2. The summed E-state index contributed by atoms with van der Waals surface area (Å²) in [7, 11) is -3.14. The summed E-state index contributed by atoms with van der Waals surface area (Å²) in [4.78, 5) is 23.0. The second-order valence-electron chi connectivity index (χ2n) is 9.15. The first-order chi connectivity index (χ1) is 16.0. The maximum Gasteiger partial charge on any atom is 0.185 e. The standard InChI is InChI=1S/C23H29FN4O5S/c1-14-23(2,30)21(25)12-20(33-14)16-5-6-26-13-15(16)11-19(29)18-4-3-17(24)22(27-18)28-7-9-34(31,32)10-8-28/h3-6,13-14,20-21,30H,7-12,25H2,1-2H3/t14-,20-,21-,23-/m1/s1. The van der Waals surface area contributed by atoms with Gasteiger partial charge in [-0.25, -0.2) is 17.8 Å². The fourth-order valence-corrected chi connectivity index (χ4v) is 5.51. The molecule has 4 heterocycles. The molecule has 2 aromatic rings. The number of nitrogens with zero attached hydrogens (tertiary/aromatic N) is 3. The highest BCUT2D eigenvalue weighted by Crippen LogP contribution is 2.37. The molecule has 3 N–H and O–H groups in total. The Morgan fingerprint density at radius 1 is 1.32 bits per heavy atom. The van der Waals surface area contributed by atoms with Crippen molar-refractivity contribution in [3.05, 3.63) is 53.2 Å². The molecule has 11 heteroatoms. The number of aromatic nitrogens is 2. The highest BCUT2D eigenvalue weighted by atomic mass is 32.2. The molecule has 2 aliphatic rings. The Bertz CT molecular complexity index is 1160. The van der Waals surface area contributed by atoms with Crippen LogP contribution in [0.2, 0.25) is 0 Å². The smallest absolute Gasteiger partial charge is 0.185 e. The molecular formula is C23H29FN4O5S. The normalized spacial score (nSPS) is 29.1.